The van der Waals surface area contributed by atoms with Crippen LogP contribution in [0.25, 0.3) is 0 Å². The zero-order valence-corrected chi connectivity index (χ0v) is 9.63. The first kappa shape index (κ1) is 12.3. The van der Waals surface area contributed by atoms with Crippen molar-refractivity contribution in [3.63, 3.8) is 0 Å². The number of nitrogens with two attached hydrogens (primary N) is 1. The normalized spacial score (nSPS) is 9.25. The van der Waals surface area contributed by atoms with E-state index in [-0.39, 0.29) is 45.3 Å². The average Bonchev–Trinajstić information content (AvgIpc) is 1.97. The first-order chi connectivity index (χ1) is 5.04. The summed E-state index contributed by atoms with van der Waals surface area (Å²) in [5.74, 6) is -0.974. The van der Waals surface area contributed by atoms with E-state index in [1.165, 1.54) is 0 Å². The van der Waals surface area contributed by atoms with Gasteiger partial charge in [-0.3, -0.25) is 9.78 Å². The Morgan fingerprint density at radius 3 is 2.33 bits per heavy atom. The van der Waals surface area contributed by atoms with Gasteiger partial charge < -0.3 is 5.73 Å². The maximum absolute atomic E-state index is 12.5. The minimum Gasteiger partial charge on any atom is -0.396 e. The molecule has 1 radical (unpaired) electrons. The number of hydrogen-bond donors (Lipinski definition) is 2. The fourth-order valence-corrected chi connectivity index (χ4v) is 0.878. The van der Waals surface area contributed by atoms with Crippen LogP contribution >= 0.6 is 23.2 Å². The van der Waals surface area contributed by atoms with Crippen molar-refractivity contribution in [2.45, 2.75) is 0 Å². The predicted octanol–water partition coefficient (Wildman–Crippen LogP) is 1.02. The molecule has 0 aliphatic carbocycles. The molecule has 61 valence electrons. The van der Waals surface area contributed by atoms with Gasteiger partial charge in [-0.2, -0.15) is 4.39 Å². The molecule has 0 amide bonds. The Morgan fingerprint density at radius 2 is 1.83 bits per heavy atom. The minimum atomic E-state index is -0.974. The number of H-pyrrole nitrogens is 1. The van der Waals surface area contributed by atoms with Crippen LogP contribution in [-0.4, -0.2) is 34.5 Å². The van der Waals surface area contributed by atoms with Crippen LogP contribution in [0.15, 0.2) is 4.79 Å². The van der Waals surface area contributed by atoms with Gasteiger partial charge in [0.2, 0.25) is 5.95 Å². The molecule has 0 atom stereocenters. The van der Waals surface area contributed by atoms with Crippen LogP contribution in [0.3, 0.4) is 0 Å². The number of rotatable bonds is 0. The van der Waals surface area contributed by atoms with Gasteiger partial charge in [-0.1, -0.05) is 23.2 Å². The standard InChI is InChI=1S/C5H3Cl2FN2O.Na/c6-1-3(9)2(7)5(11)10-4(1)8;/h(H3,9,10,11);. The zero-order valence-electron chi connectivity index (χ0n) is 6.12. The van der Waals surface area contributed by atoms with Crippen molar-refractivity contribution >= 4 is 58.4 Å². The number of aromatic nitrogens is 1. The van der Waals surface area contributed by atoms with Crippen molar-refractivity contribution in [3.8, 4) is 0 Å². The third-order valence-electron chi connectivity index (χ3n) is 1.09. The summed E-state index contributed by atoms with van der Waals surface area (Å²) in [6.45, 7) is 0. The van der Waals surface area contributed by atoms with Crippen LogP contribution in [0.2, 0.25) is 10.0 Å². The molecule has 0 saturated carbocycles. The van der Waals surface area contributed by atoms with Crippen LogP contribution in [-0.2, 0) is 0 Å². The molecule has 3 nitrogen and oxygen atoms in total. The summed E-state index contributed by atoms with van der Waals surface area (Å²) in [4.78, 5) is 12.4. The van der Waals surface area contributed by atoms with Crippen molar-refractivity contribution in [2.24, 2.45) is 0 Å². The molecular formula is C5H3Cl2FN2NaO. The summed E-state index contributed by atoms with van der Waals surface area (Å²) in [5, 5.41) is -0.661. The van der Waals surface area contributed by atoms with Gasteiger partial charge in [0.25, 0.3) is 5.56 Å². The van der Waals surface area contributed by atoms with Gasteiger partial charge in [-0.15, -0.1) is 0 Å². The molecule has 0 spiro atoms. The molecule has 0 saturated heterocycles. The van der Waals surface area contributed by atoms with E-state index in [2.05, 4.69) is 0 Å². The van der Waals surface area contributed by atoms with Gasteiger partial charge in [0, 0.05) is 29.6 Å². The van der Waals surface area contributed by atoms with E-state index in [0.29, 0.717) is 0 Å². The molecule has 1 rings (SSSR count). The molecule has 0 aliphatic rings. The topological polar surface area (TPSA) is 58.9 Å². The van der Waals surface area contributed by atoms with E-state index in [9.17, 15) is 9.18 Å². The second-order valence-electron chi connectivity index (χ2n) is 1.81. The second kappa shape index (κ2) is 4.48. The van der Waals surface area contributed by atoms with E-state index in [1.807, 2.05) is 0 Å². The van der Waals surface area contributed by atoms with Crippen molar-refractivity contribution in [2.75, 3.05) is 5.73 Å². The molecule has 0 unspecified atom stereocenters. The van der Waals surface area contributed by atoms with Gasteiger partial charge >= 0.3 is 0 Å². The first-order valence-electron chi connectivity index (χ1n) is 2.56. The van der Waals surface area contributed by atoms with Crippen molar-refractivity contribution in [3.05, 3.63) is 26.3 Å². The fraction of sp³-hybridized carbons (Fsp3) is 0. The maximum atomic E-state index is 12.5. The minimum absolute atomic E-state index is 0. The van der Waals surface area contributed by atoms with Crippen molar-refractivity contribution in [1.29, 1.82) is 0 Å². The number of anilines is 1. The molecular weight excluding hydrogens is 217 g/mol. The van der Waals surface area contributed by atoms with Crippen molar-refractivity contribution < 1.29 is 4.39 Å². The van der Waals surface area contributed by atoms with Gasteiger partial charge in [-0.05, 0) is 0 Å². The number of hydrogen-bond acceptors (Lipinski definition) is 2. The molecule has 12 heavy (non-hydrogen) atoms. The molecule has 1 aromatic rings. The third-order valence-corrected chi connectivity index (χ3v) is 1.83. The van der Waals surface area contributed by atoms with Crippen molar-refractivity contribution in [1.82, 2.24) is 4.98 Å². The van der Waals surface area contributed by atoms with Crippen LogP contribution < -0.4 is 11.3 Å². The van der Waals surface area contributed by atoms with Crippen LogP contribution in [0, 0.1) is 5.95 Å². The molecule has 0 fully saturated rings. The predicted molar refractivity (Wildman–Crippen MR) is 47.2 cm³/mol. The monoisotopic (exact) mass is 219 g/mol. The summed E-state index contributed by atoms with van der Waals surface area (Å²) < 4.78 is 12.5. The number of nitrogens with one attached hydrogen (secondary N) is 1. The Bertz CT molecular complexity index is 354. The smallest absolute Gasteiger partial charge is 0.271 e. The summed E-state index contributed by atoms with van der Waals surface area (Å²) in [6, 6.07) is 0. The van der Waals surface area contributed by atoms with Gasteiger partial charge in [0.15, 0.2) is 0 Å². The summed E-state index contributed by atoms with van der Waals surface area (Å²) >= 11 is 10.6. The molecule has 1 aromatic heterocycles. The van der Waals surface area contributed by atoms with E-state index >= 15 is 0 Å². The van der Waals surface area contributed by atoms with E-state index in [1.54, 1.807) is 4.98 Å². The Labute approximate surface area is 99.3 Å². The van der Waals surface area contributed by atoms with Gasteiger partial charge in [0.05, 0.1) is 5.69 Å². The van der Waals surface area contributed by atoms with E-state index in [0.717, 1.165) is 0 Å². The van der Waals surface area contributed by atoms with E-state index < -0.39 is 11.5 Å². The summed E-state index contributed by atoms with van der Waals surface area (Å²) in [5.41, 5.74) is 4.13. The zero-order chi connectivity index (χ0) is 8.59. The number of aromatic amines is 1. The van der Waals surface area contributed by atoms with Crippen LogP contribution in [0.1, 0.15) is 0 Å². The summed E-state index contributed by atoms with van der Waals surface area (Å²) in [6.07, 6.45) is 0. The molecule has 3 N–H and O–H groups in total. The quantitative estimate of drug-likeness (QED) is 0.506. The third kappa shape index (κ3) is 2.14. The Morgan fingerprint density at radius 1 is 1.33 bits per heavy atom. The maximum Gasteiger partial charge on any atom is 0.271 e. The Kier molecular flexibility index (Phi) is 4.58. The average molecular weight is 220 g/mol. The molecule has 0 aliphatic heterocycles. The number of pyridine rings is 1. The number of halogens is 3. The van der Waals surface area contributed by atoms with E-state index in [4.69, 9.17) is 28.9 Å². The Balaban J connectivity index is 0.00000121. The molecule has 0 bridgehead atoms. The fourth-order valence-electron chi connectivity index (χ4n) is 0.546. The molecule has 1 heterocycles. The van der Waals surface area contributed by atoms with Crippen LogP contribution in [0.5, 0.6) is 0 Å². The summed E-state index contributed by atoms with van der Waals surface area (Å²) in [7, 11) is 0. The van der Waals surface area contributed by atoms with Gasteiger partial charge in [-0.25, -0.2) is 0 Å². The second-order valence-corrected chi connectivity index (χ2v) is 2.57. The SMILES string of the molecule is Nc1c(Cl)c(F)[nH]c(=O)c1Cl.[Na]. The molecule has 0 aromatic carbocycles. The largest absolute Gasteiger partial charge is 0.396 e. The molecule has 7 heteroatoms. The number of nitrogen functional groups attached to an aromatic ring is 1. The van der Waals surface area contributed by atoms with Gasteiger partial charge in [0.1, 0.15) is 10.0 Å². The van der Waals surface area contributed by atoms with Crippen LogP contribution in [0.4, 0.5) is 10.1 Å². The first-order valence-corrected chi connectivity index (χ1v) is 3.32. The Hall–Kier alpha value is 0.260.